The van der Waals surface area contributed by atoms with Gasteiger partial charge in [-0.25, -0.2) is 4.79 Å². The lowest BCUT2D eigenvalue weighted by molar-refractivity contribution is -0.132. The van der Waals surface area contributed by atoms with Crippen molar-refractivity contribution in [3.63, 3.8) is 0 Å². The van der Waals surface area contributed by atoms with E-state index in [2.05, 4.69) is 5.32 Å². The van der Waals surface area contributed by atoms with E-state index in [0.29, 0.717) is 12.3 Å². The molecule has 1 aromatic heterocycles. The van der Waals surface area contributed by atoms with Crippen LogP contribution in [0.2, 0.25) is 0 Å². The maximum Gasteiger partial charge on any atom is 0.325 e. The average Bonchev–Trinajstić information content (AvgIpc) is 3.12. The van der Waals surface area contributed by atoms with Gasteiger partial charge in [-0.1, -0.05) is 24.3 Å². The van der Waals surface area contributed by atoms with Crippen molar-refractivity contribution < 1.29 is 14.0 Å². The molecule has 3 rings (SSSR count). The number of carbonyl (C=O) groups excluding carboxylic acids is 2. The van der Waals surface area contributed by atoms with E-state index in [1.807, 2.05) is 24.3 Å². The fourth-order valence-electron chi connectivity index (χ4n) is 2.61. The van der Waals surface area contributed by atoms with Gasteiger partial charge in [0.2, 0.25) is 0 Å². The van der Waals surface area contributed by atoms with Crippen LogP contribution in [0.3, 0.4) is 0 Å². The summed E-state index contributed by atoms with van der Waals surface area (Å²) in [4.78, 5) is 26.0. The minimum atomic E-state index is -1.16. The molecule has 1 saturated heterocycles. The standard InChI is InChI=1S/C16H17N3O3/c1-16(13-6-3-7-22-13)14(20)19(15(21)18-16)10-12-5-2-4-11(8-12)9-17/h2-8H,9-10,17H2,1H3,(H,18,21). The third kappa shape index (κ3) is 2.27. The van der Waals surface area contributed by atoms with E-state index in [-0.39, 0.29) is 12.5 Å². The Hall–Kier alpha value is -2.60. The average molecular weight is 299 g/mol. The lowest BCUT2D eigenvalue weighted by Crippen LogP contribution is -2.40. The second kappa shape index (κ2) is 5.31. The first-order valence-electron chi connectivity index (χ1n) is 7.00. The summed E-state index contributed by atoms with van der Waals surface area (Å²) < 4.78 is 5.30. The molecule has 1 fully saturated rings. The molecule has 2 aromatic rings. The Kier molecular flexibility index (Phi) is 3.46. The second-order valence-electron chi connectivity index (χ2n) is 5.45. The first-order valence-corrected chi connectivity index (χ1v) is 7.00. The van der Waals surface area contributed by atoms with Crippen LogP contribution >= 0.6 is 0 Å². The molecule has 1 aliphatic heterocycles. The molecule has 2 heterocycles. The van der Waals surface area contributed by atoms with Crippen molar-refractivity contribution in [1.29, 1.82) is 0 Å². The first kappa shape index (κ1) is 14.3. The topological polar surface area (TPSA) is 88.6 Å². The Bertz CT molecular complexity index is 711. The smallest absolute Gasteiger partial charge is 0.325 e. The van der Waals surface area contributed by atoms with Crippen LogP contribution in [0.1, 0.15) is 23.8 Å². The molecule has 1 atom stereocenters. The first-order chi connectivity index (χ1) is 10.5. The largest absolute Gasteiger partial charge is 0.466 e. The van der Waals surface area contributed by atoms with Gasteiger partial charge < -0.3 is 15.5 Å². The van der Waals surface area contributed by atoms with Crippen molar-refractivity contribution in [2.75, 3.05) is 0 Å². The molecule has 1 aliphatic rings. The van der Waals surface area contributed by atoms with Crippen LogP contribution in [0.25, 0.3) is 0 Å². The van der Waals surface area contributed by atoms with Gasteiger partial charge >= 0.3 is 6.03 Å². The van der Waals surface area contributed by atoms with Crippen LogP contribution in [-0.4, -0.2) is 16.8 Å². The molecule has 0 saturated carbocycles. The number of amides is 3. The molecule has 0 aliphatic carbocycles. The summed E-state index contributed by atoms with van der Waals surface area (Å²) in [6.07, 6.45) is 1.48. The van der Waals surface area contributed by atoms with E-state index >= 15 is 0 Å². The normalized spacial score (nSPS) is 21.3. The number of carbonyl (C=O) groups is 2. The van der Waals surface area contributed by atoms with Gasteiger partial charge in [0, 0.05) is 6.54 Å². The molecule has 0 radical (unpaired) electrons. The van der Waals surface area contributed by atoms with Gasteiger partial charge in [-0.2, -0.15) is 0 Å². The molecular formula is C16H17N3O3. The molecule has 114 valence electrons. The number of nitrogens with two attached hydrogens (primary N) is 1. The van der Waals surface area contributed by atoms with Gasteiger partial charge in [0.05, 0.1) is 12.8 Å². The van der Waals surface area contributed by atoms with Crippen LogP contribution in [0, 0.1) is 0 Å². The summed E-state index contributed by atoms with van der Waals surface area (Å²) in [6.45, 7) is 2.26. The van der Waals surface area contributed by atoms with E-state index in [9.17, 15) is 9.59 Å². The van der Waals surface area contributed by atoms with Crippen LogP contribution < -0.4 is 11.1 Å². The lowest BCUT2D eigenvalue weighted by Gasteiger charge is -2.19. The summed E-state index contributed by atoms with van der Waals surface area (Å²) in [5.41, 5.74) is 6.27. The fourth-order valence-corrected chi connectivity index (χ4v) is 2.61. The highest BCUT2D eigenvalue weighted by atomic mass is 16.3. The maximum atomic E-state index is 12.7. The quantitative estimate of drug-likeness (QED) is 0.841. The van der Waals surface area contributed by atoms with Gasteiger partial charge in [0.1, 0.15) is 5.76 Å². The van der Waals surface area contributed by atoms with Crippen molar-refractivity contribution in [3.05, 3.63) is 59.5 Å². The van der Waals surface area contributed by atoms with Crippen LogP contribution in [-0.2, 0) is 23.4 Å². The van der Waals surface area contributed by atoms with E-state index in [0.717, 1.165) is 11.1 Å². The third-order valence-electron chi connectivity index (χ3n) is 3.86. The van der Waals surface area contributed by atoms with Crippen molar-refractivity contribution in [3.8, 4) is 0 Å². The summed E-state index contributed by atoms with van der Waals surface area (Å²) >= 11 is 0. The summed E-state index contributed by atoms with van der Waals surface area (Å²) in [6, 6.07) is 10.5. The van der Waals surface area contributed by atoms with Crippen molar-refractivity contribution in [2.24, 2.45) is 5.73 Å². The SMILES string of the molecule is CC1(c2ccco2)NC(=O)N(Cc2cccc(CN)c2)C1=O. The van der Waals surface area contributed by atoms with Gasteiger partial charge in [-0.05, 0) is 30.2 Å². The fraction of sp³-hybridized carbons (Fsp3) is 0.250. The number of hydrogen-bond acceptors (Lipinski definition) is 4. The van der Waals surface area contributed by atoms with Crippen LogP contribution in [0.15, 0.2) is 47.1 Å². The molecule has 1 aromatic carbocycles. The van der Waals surface area contributed by atoms with Crippen molar-refractivity contribution >= 4 is 11.9 Å². The minimum Gasteiger partial charge on any atom is -0.466 e. The Morgan fingerprint density at radius 2 is 2.00 bits per heavy atom. The zero-order valence-corrected chi connectivity index (χ0v) is 12.2. The summed E-state index contributed by atoms with van der Waals surface area (Å²) in [7, 11) is 0. The lowest BCUT2D eigenvalue weighted by atomic mass is 9.99. The monoisotopic (exact) mass is 299 g/mol. The third-order valence-corrected chi connectivity index (χ3v) is 3.86. The maximum absolute atomic E-state index is 12.7. The molecular weight excluding hydrogens is 282 g/mol. The summed E-state index contributed by atoms with van der Waals surface area (Å²) in [5.74, 6) is 0.0923. The van der Waals surface area contributed by atoms with Crippen molar-refractivity contribution in [1.82, 2.24) is 10.2 Å². The van der Waals surface area contributed by atoms with Gasteiger partial charge in [-0.15, -0.1) is 0 Å². The Morgan fingerprint density at radius 1 is 1.23 bits per heavy atom. The van der Waals surface area contributed by atoms with Crippen LogP contribution in [0.5, 0.6) is 0 Å². The van der Waals surface area contributed by atoms with Gasteiger partial charge in [0.25, 0.3) is 5.91 Å². The number of nitrogens with one attached hydrogen (secondary N) is 1. The molecule has 3 N–H and O–H groups in total. The Labute approximate surface area is 127 Å². The number of imide groups is 1. The van der Waals surface area contributed by atoms with Gasteiger partial charge in [0.15, 0.2) is 5.54 Å². The Balaban J connectivity index is 1.86. The van der Waals surface area contributed by atoms with Gasteiger partial charge in [-0.3, -0.25) is 9.69 Å². The van der Waals surface area contributed by atoms with E-state index in [1.54, 1.807) is 19.1 Å². The number of urea groups is 1. The molecule has 3 amide bonds. The van der Waals surface area contributed by atoms with Crippen molar-refractivity contribution in [2.45, 2.75) is 25.6 Å². The van der Waals surface area contributed by atoms with Crippen LogP contribution in [0.4, 0.5) is 4.79 Å². The second-order valence-corrected chi connectivity index (χ2v) is 5.45. The highest BCUT2D eigenvalue weighted by molar-refractivity contribution is 6.06. The molecule has 1 unspecified atom stereocenters. The molecule has 0 spiro atoms. The van der Waals surface area contributed by atoms with E-state index in [4.69, 9.17) is 10.2 Å². The summed E-state index contributed by atoms with van der Waals surface area (Å²) in [5, 5.41) is 2.70. The minimum absolute atomic E-state index is 0.203. The highest BCUT2D eigenvalue weighted by Crippen LogP contribution is 2.30. The number of nitrogens with zero attached hydrogens (tertiary/aromatic N) is 1. The number of rotatable bonds is 4. The molecule has 0 bridgehead atoms. The van der Waals surface area contributed by atoms with E-state index < -0.39 is 11.6 Å². The molecule has 6 heteroatoms. The molecule has 22 heavy (non-hydrogen) atoms. The predicted octanol–water partition coefficient (Wildman–Crippen LogP) is 1.71. The highest BCUT2D eigenvalue weighted by Gasteiger charge is 2.50. The zero-order valence-electron chi connectivity index (χ0n) is 12.2. The van der Waals surface area contributed by atoms with E-state index in [1.165, 1.54) is 11.2 Å². The number of furan rings is 1. The number of hydrogen-bond donors (Lipinski definition) is 2. The zero-order chi connectivity index (χ0) is 15.7. The predicted molar refractivity (Wildman–Crippen MR) is 79.5 cm³/mol. The Morgan fingerprint density at radius 3 is 2.68 bits per heavy atom. The number of benzene rings is 1. The molecule has 6 nitrogen and oxygen atoms in total.